The maximum atomic E-state index is 11.9. The Morgan fingerprint density at radius 1 is 1.09 bits per heavy atom. The van der Waals surface area contributed by atoms with Crippen LogP contribution in [0.3, 0.4) is 0 Å². The molecule has 7 heteroatoms. The van der Waals surface area contributed by atoms with E-state index in [0.717, 1.165) is 0 Å². The van der Waals surface area contributed by atoms with E-state index in [-0.39, 0.29) is 21.7 Å². The first-order valence-corrected chi connectivity index (χ1v) is 7.69. The fraction of sp³-hybridized carbons (Fsp3) is 0.375. The number of hydrogen-bond acceptors (Lipinski definition) is 5. The van der Waals surface area contributed by atoms with Crippen molar-refractivity contribution in [2.24, 2.45) is 0 Å². The molecular weight excluding hydrogens is 343 g/mol. The van der Waals surface area contributed by atoms with Gasteiger partial charge in [0.2, 0.25) is 0 Å². The summed E-state index contributed by atoms with van der Waals surface area (Å²) in [6.45, 7) is 6.65. The van der Waals surface area contributed by atoms with Gasteiger partial charge in [0.25, 0.3) is 5.79 Å². The first-order valence-electron chi connectivity index (χ1n) is 6.93. The third kappa shape index (κ3) is 4.18. The zero-order valence-corrected chi connectivity index (χ0v) is 14.6. The molecule has 0 unspecified atom stereocenters. The second-order valence-corrected chi connectivity index (χ2v) is 6.53. The average Bonchev–Trinajstić information content (AvgIpc) is 2.37. The lowest BCUT2D eigenvalue weighted by atomic mass is 10.1. The smallest absolute Gasteiger partial charge is 0.348 e. The van der Waals surface area contributed by atoms with Crippen LogP contribution in [0.5, 0.6) is 5.75 Å². The molecule has 0 saturated carbocycles. The van der Waals surface area contributed by atoms with Crippen LogP contribution in [0.1, 0.15) is 33.3 Å². The minimum absolute atomic E-state index is 0.0975. The summed E-state index contributed by atoms with van der Waals surface area (Å²) in [6, 6.07) is 3.08. The van der Waals surface area contributed by atoms with Crippen molar-refractivity contribution in [2.45, 2.75) is 39.6 Å². The summed E-state index contributed by atoms with van der Waals surface area (Å²) in [5.41, 5.74) is 0.230. The molecule has 1 heterocycles. The highest BCUT2D eigenvalue weighted by atomic mass is 35.5. The SMILES string of the molecule is CC(C)Oc1c(Cl)cc(C=C2C(=O)OC(C)(C)OC2=O)cc1Cl. The van der Waals surface area contributed by atoms with Crippen LogP contribution in [-0.2, 0) is 19.1 Å². The molecule has 0 radical (unpaired) electrons. The third-order valence-corrected chi connectivity index (χ3v) is 3.36. The zero-order valence-electron chi connectivity index (χ0n) is 13.1. The molecule has 1 aromatic carbocycles. The average molecular weight is 359 g/mol. The predicted molar refractivity (Wildman–Crippen MR) is 86.5 cm³/mol. The number of rotatable bonds is 3. The molecule has 5 nitrogen and oxygen atoms in total. The summed E-state index contributed by atoms with van der Waals surface area (Å²) in [7, 11) is 0. The van der Waals surface area contributed by atoms with Gasteiger partial charge in [-0.15, -0.1) is 0 Å². The van der Waals surface area contributed by atoms with Gasteiger partial charge in [0.15, 0.2) is 5.75 Å². The number of benzene rings is 1. The van der Waals surface area contributed by atoms with Crippen LogP contribution in [0, 0.1) is 0 Å². The zero-order chi connectivity index (χ0) is 17.4. The van der Waals surface area contributed by atoms with Crippen LogP contribution in [0.2, 0.25) is 10.0 Å². The number of carbonyl (C=O) groups is 2. The number of halogens is 2. The number of esters is 2. The van der Waals surface area contributed by atoms with Crippen LogP contribution in [0.4, 0.5) is 0 Å². The van der Waals surface area contributed by atoms with E-state index in [1.807, 2.05) is 13.8 Å². The summed E-state index contributed by atoms with van der Waals surface area (Å²) in [5, 5.41) is 0.548. The Bertz CT molecular complexity index is 647. The van der Waals surface area contributed by atoms with Crippen LogP contribution in [-0.4, -0.2) is 23.8 Å². The van der Waals surface area contributed by atoms with E-state index >= 15 is 0 Å². The van der Waals surface area contributed by atoms with Crippen molar-refractivity contribution in [1.29, 1.82) is 0 Å². The third-order valence-electron chi connectivity index (χ3n) is 2.80. The normalized spacial score (nSPS) is 16.9. The standard InChI is InChI=1S/C16H16Cl2O5/c1-8(2)21-13-11(17)6-9(7-12(13)18)5-10-14(19)22-16(3,4)23-15(10)20/h5-8H,1-4H3. The molecule has 0 N–H and O–H groups in total. The van der Waals surface area contributed by atoms with Gasteiger partial charge in [-0.1, -0.05) is 23.2 Å². The lowest BCUT2D eigenvalue weighted by Crippen LogP contribution is -2.41. The lowest BCUT2D eigenvalue weighted by molar-refractivity contribution is -0.222. The monoisotopic (exact) mass is 358 g/mol. The maximum absolute atomic E-state index is 11.9. The molecule has 0 aliphatic carbocycles. The summed E-state index contributed by atoms with van der Waals surface area (Å²) in [4.78, 5) is 23.8. The van der Waals surface area contributed by atoms with Crippen molar-refractivity contribution in [1.82, 2.24) is 0 Å². The van der Waals surface area contributed by atoms with Crippen molar-refractivity contribution in [3.05, 3.63) is 33.3 Å². The highest BCUT2D eigenvalue weighted by molar-refractivity contribution is 6.37. The maximum Gasteiger partial charge on any atom is 0.348 e. The molecular formula is C16H16Cl2O5. The Kier molecular flexibility index (Phi) is 4.92. The van der Waals surface area contributed by atoms with Gasteiger partial charge in [-0.2, -0.15) is 0 Å². The summed E-state index contributed by atoms with van der Waals surface area (Å²) in [6.07, 6.45) is 1.22. The van der Waals surface area contributed by atoms with Gasteiger partial charge in [0.05, 0.1) is 16.1 Å². The number of hydrogen-bond donors (Lipinski definition) is 0. The Morgan fingerprint density at radius 2 is 1.57 bits per heavy atom. The van der Waals surface area contributed by atoms with Gasteiger partial charge in [-0.05, 0) is 37.6 Å². The summed E-state index contributed by atoms with van der Waals surface area (Å²) >= 11 is 12.3. The van der Waals surface area contributed by atoms with Crippen molar-refractivity contribution in [3.63, 3.8) is 0 Å². The van der Waals surface area contributed by atoms with E-state index < -0.39 is 17.7 Å². The number of carbonyl (C=O) groups excluding carboxylic acids is 2. The van der Waals surface area contributed by atoms with E-state index in [0.29, 0.717) is 11.3 Å². The van der Waals surface area contributed by atoms with Crippen LogP contribution in [0.25, 0.3) is 6.08 Å². The van der Waals surface area contributed by atoms with E-state index in [2.05, 4.69) is 0 Å². The van der Waals surface area contributed by atoms with Crippen LogP contribution in [0.15, 0.2) is 17.7 Å². The molecule has 1 saturated heterocycles. The molecule has 0 atom stereocenters. The van der Waals surface area contributed by atoms with Crippen LogP contribution >= 0.6 is 23.2 Å². The van der Waals surface area contributed by atoms with Crippen molar-refractivity contribution >= 4 is 41.2 Å². The molecule has 0 aromatic heterocycles. The van der Waals surface area contributed by atoms with Gasteiger partial charge in [-0.3, -0.25) is 0 Å². The molecule has 1 fully saturated rings. The van der Waals surface area contributed by atoms with Crippen molar-refractivity contribution < 1.29 is 23.8 Å². The number of cyclic esters (lactones) is 2. The Balaban J connectivity index is 2.36. The molecule has 0 spiro atoms. The van der Waals surface area contributed by atoms with Crippen LogP contribution < -0.4 is 4.74 Å². The van der Waals surface area contributed by atoms with E-state index in [1.165, 1.54) is 19.9 Å². The Labute approximate surface area is 144 Å². The summed E-state index contributed by atoms with van der Waals surface area (Å²) < 4.78 is 15.6. The van der Waals surface area contributed by atoms with Gasteiger partial charge in [-0.25, -0.2) is 9.59 Å². The van der Waals surface area contributed by atoms with Gasteiger partial charge in [0.1, 0.15) is 5.57 Å². The van der Waals surface area contributed by atoms with Crippen molar-refractivity contribution in [3.8, 4) is 5.75 Å². The minimum atomic E-state index is -1.28. The summed E-state index contributed by atoms with van der Waals surface area (Å²) in [5.74, 6) is -2.46. The topological polar surface area (TPSA) is 61.8 Å². The fourth-order valence-electron chi connectivity index (χ4n) is 1.96. The second kappa shape index (κ2) is 6.42. The first-order chi connectivity index (χ1) is 10.6. The molecule has 1 aliphatic rings. The largest absolute Gasteiger partial charge is 0.488 e. The highest BCUT2D eigenvalue weighted by Crippen LogP contribution is 2.36. The van der Waals surface area contributed by atoms with E-state index in [9.17, 15) is 9.59 Å². The number of ether oxygens (including phenoxy) is 3. The predicted octanol–water partition coefficient (Wildman–Crippen LogP) is 4.00. The second-order valence-electron chi connectivity index (χ2n) is 5.72. The van der Waals surface area contributed by atoms with E-state index in [1.54, 1.807) is 12.1 Å². The van der Waals surface area contributed by atoms with Gasteiger partial charge >= 0.3 is 11.9 Å². The lowest BCUT2D eigenvalue weighted by Gasteiger charge is -2.29. The van der Waals surface area contributed by atoms with Gasteiger partial charge in [0, 0.05) is 13.8 Å². The molecule has 0 amide bonds. The highest BCUT2D eigenvalue weighted by Gasteiger charge is 2.38. The Hall–Kier alpha value is -1.72. The van der Waals surface area contributed by atoms with Crippen molar-refractivity contribution in [2.75, 3.05) is 0 Å². The molecule has 2 rings (SSSR count). The molecule has 1 aliphatic heterocycles. The van der Waals surface area contributed by atoms with E-state index in [4.69, 9.17) is 37.4 Å². The molecule has 23 heavy (non-hydrogen) atoms. The van der Waals surface area contributed by atoms with Gasteiger partial charge < -0.3 is 14.2 Å². The molecule has 1 aromatic rings. The first kappa shape index (κ1) is 17.6. The fourth-order valence-corrected chi connectivity index (χ4v) is 2.55. The molecule has 0 bridgehead atoms. The Morgan fingerprint density at radius 3 is 2.00 bits per heavy atom. The minimum Gasteiger partial charge on any atom is -0.488 e. The quantitative estimate of drug-likeness (QED) is 0.464. The molecule has 124 valence electrons.